The standard InChI is InChI=1S/C18H19N5O/c1-4-23-17-15(22-18(23)13-9-19-11-20-10-13)6-14(7-16(17)24-5-1)21-8-12-2-3-12/h6-7,9-12,21H,1-5,8H2. The number of benzene rings is 1. The minimum absolute atomic E-state index is 0.730. The Hall–Kier alpha value is -2.63. The van der Waals surface area contributed by atoms with E-state index in [-0.39, 0.29) is 0 Å². The summed E-state index contributed by atoms with van der Waals surface area (Å²) in [5.41, 5.74) is 4.07. The van der Waals surface area contributed by atoms with E-state index in [1.54, 1.807) is 6.33 Å². The van der Waals surface area contributed by atoms with Crippen LogP contribution < -0.4 is 10.1 Å². The molecule has 0 unspecified atom stereocenters. The summed E-state index contributed by atoms with van der Waals surface area (Å²) in [6.45, 7) is 2.65. The largest absolute Gasteiger partial charge is 0.491 e. The number of ether oxygens (including phenoxy) is 1. The van der Waals surface area contributed by atoms with Gasteiger partial charge in [-0.15, -0.1) is 0 Å². The van der Waals surface area contributed by atoms with Gasteiger partial charge in [-0.3, -0.25) is 0 Å². The van der Waals surface area contributed by atoms with Gasteiger partial charge in [0.1, 0.15) is 23.4 Å². The zero-order chi connectivity index (χ0) is 15.9. The van der Waals surface area contributed by atoms with Crippen LogP contribution in [0.1, 0.15) is 19.3 Å². The number of hydrogen-bond donors (Lipinski definition) is 1. The number of nitrogens with one attached hydrogen (secondary N) is 1. The summed E-state index contributed by atoms with van der Waals surface area (Å²) in [5, 5.41) is 3.53. The Morgan fingerprint density at radius 3 is 2.92 bits per heavy atom. The van der Waals surface area contributed by atoms with Gasteiger partial charge in [-0.1, -0.05) is 0 Å². The van der Waals surface area contributed by atoms with E-state index in [0.29, 0.717) is 0 Å². The van der Waals surface area contributed by atoms with Gasteiger partial charge in [0, 0.05) is 37.2 Å². The van der Waals surface area contributed by atoms with Crippen LogP contribution in [0.4, 0.5) is 5.69 Å². The Kier molecular flexibility index (Phi) is 3.14. The molecule has 5 rings (SSSR count). The molecule has 0 saturated heterocycles. The van der Waals surface area contributed by atoms with Crippen molar-refractivity contribution in [2.45, 2.75) is 25.8 Å². The van der Waals surface area contributed by atoms with E-state index in [1.165, 1.54) is 12.8 Å². The Morgan fingerprint density at radius 2 is 2.08 bits per heavy atom. The van der Waals surface area contributed by atoms with E-state index in [4.69, 9.17) is 9.72 Å². The third-order valence-corrected chi connectivity index (χ3v) is 4.70. The van der Waals surface area contributed by atoms with Gasteiger partial charge in [0.25, 0.3) is 0 Å². The minimum atomic E-state index is 0.730. The molecule has 122 valence electrons. The second-order valence-electron chi connectivity index (χ2n) is 6.58. The minimum Gasteiger partial charge on any atom is -0.491 e. The Labute approximate surface area is 139 Å². The fourth-order valence-corrected chi connectivity index (χ4v) is 3.28. The van der Waals surface area contributed by atoms with Crippen molar-refractivity contribution in [2.24, 2.45) is 5.92 Å². The highest BCUT2D eigenvalue weighted by molar-refractivity contribution is 5.89. The molecule has 0 amide bonds. The molecule has 1 aliphatic heterocycles. The van der Waals surface area contributed by atoms with E-state index in [0.717, 1.165) is 65.9 Å². The summed E-state index contributed by atoms with van der Waals surface area (Å²) >= 11 is 0. The van der Waals surface area contributed by atoms with Crippen LogP contribution in [0.15, 0.2) is 30.9 Å². The first-order chi connectivity index (χ1) is 11.9. The fraction of sp³-hybridized carbons (Fsp3) is 0.389. The van der Waals surface area contributed by atoms with Crippen molar-refractivity contribution in [1.82, 2.24) is 19.5 Å². The summed E-state index contributed by atoms with van der Waals surface area (Å²) < 4.78 is 8.24. The van der Waals surface area contributed by atoms with Crippen LogP contribution in [0.25, 0.3) is 22.4 Å². The van der Waals surface area contributed by atoms with Crippen molar-refractivity contribution in [2.75, 3.05) is 18.5 Å². The zero-order valence-electron chi connectivity index (χ0n) is 13.4. The average molecular weight is 321 g/mol. The molecule has 1 N–H and O–H groups in total. The molecule has 3 heterocycles. The van der Waals surface area contributed by atoms with Gasteiger partial charge in [-0.2, -0.15) is 0 Å². The molecule has 6 heteroatoms. The van der Waals surface area contributed by atoms with Gasteiger partial charge in [0.15, 0.2) is 0 Å². The molecule has 1 saturated carbocycles. The Balaban J connectivity index is 1.64. The van der Waals surface area contributed by atoms with Crippen LogP contribution in [-0.4, -0.2) is 32.7 Å². The summed E-state index contributed by atoms with van der Waals surface area (Å²) in [7, 11) is 0. The number of hydrogen-bond acceptors (Lipinski definition) is 5. The van der Waals surface area contributed by atoms with E-state index in [2.05, 4.69) is 32.0 Å². The SMILES string of the molecule is c1ncc(-c2nc3cc(NCC4CC4)cc4c3n2CCCO4)cn1. The van der Waals surface area contributed by atoms with Gasteiger partial charge >= 0.3 is 0 Å². The van der Waals surface area contributed by atoms with E-state index < -0.39 is 0 Å². The van der Waals surface area contributed by atoms with E-state index >= 15 is 0 Å². The second-order valence-corrected chi connectivity index (χ2v) is 6.58. The predicted molar refractivity (Wildman–Crippen MR) is 92.1 cm³/mol. The van der Waals surface area contributed by atoms with Crippen LogP contribution in [-0.2, 0) is 6.54 Å². The van der Waals surface area contributed by atoms with Crippen LogP contribution in [0, 0.1) is 5.92 Å². The number of aromatic nitrogens is 4. The maximum Gasteiger partial charge on any atom is 0.147 e. The molecule has 1 fully saturated rings. The number of anilines is 1. The second kappa shape index (κ2) is 5.47. The fourth-order valence-electron chi connectivity index (χ4n) is 3.28. The van der Waals surface area contributed by atoms with Crippen molar-refractivity contribution >= 4 is 16.7 Å². The van der Waals surface area contributed by atoms with Crippen molar-refractivity contribution < 1.29 is 4.74 Å². The van der Waals surface area contributed by atoms with Gasteiger partial charge in [-0.25, -0.2) is 15.0 Å². The van der Waals surface area contributed by atoms with Gasteiger partial charge < -0.3 is 14.6 Å². The lowest BCUT2D eigenvalue weighted by molar-refractivity contribution is 0.316. The van der Waals surface area contributed by atoms with Gasteiger partial charge in [0.05, 0.1) is 17.7 Å². The highest BCUT2D eigenvalue weighted by Gasteiger charge is 2.23. The molecule has 0 radical (unpaired) electrons. The number of rotatable bonds is 4. The molecule has 1 aliphatic carbocycles. The first-order valence-electron chi connectivity index (χ1n) is 8.55. The van der Waals surface area contributed by atoms with E-state index in [1.807, 2.05) is 12.4 Å². The predicted octanol–water partition coefficient (Wildman–Crippen LogP) is 3.10. The number of aryl methyl sites for hydroxylation is 1. The Bertz CT molecular complexity index is 885. The summed E-state index contributed by atoms with van der Waals surface area (Å²) in [5.74, 6) is 2.66. The van der Waals surface area contributed by atoms with Gasteiger partial charge in [-0.05, 0) is 31.2 Å². The third-order valence-electron chi connectivity index (χ3n) is 4.70. The smallest absolute Gasteiger partial charge is 0.147 e. The quantitative estimate of drug-likeness (QED) is 0.800. The molecule has 1 aromatic carbocycles. The summed E-state index contributed by atoms with van der Waals surface area (Å²) in [6.07, 6.45) is 8.82. The van der Waals surface area contributed by atoms with Crippen LogP contribution >= 0.6 is 0 Å². The normalized spacial score (nSPS) is 16.7. The highest BCUT2D eigenvalue weighted by Crippen LogP contribution is 2.36. The summed E-state index contributed by atoms with van der Waals surface area (Å²) in [4.78, 5) is 13.1. The third kappa shape index (κ3) is 2.38. The first kappa shape index (κ1) is 13.8. The molecule has 0 spiro atoms. The van der Waals surface area contributed by atoms with Crippen LogP contribution in [0.3, 0.4) is 0 Å². The topological polar surface area (TPSA) is 64.9 Å². The molecule has 2 aromatic heterocycles. The van der Waals surface area contributed by atoms with Gasteiger partial charge in [0.2, 0.25) is 0 Å². The maximum atomic E-state index is 6.00. The number of imidazole rings is 1. The maximum absolute atomic E-state index is 6.00. The Morgan fingerprint density at radius 1 is 1.21 bits per heavy atom. The van der Waals surface area contributed by atoms with Crippen molar-refractivity contribution in [3.05, 3.63) is 30.9 Å². The molecule has 0 atom stereocenters. The molecular formula is C18H19N5O. The molecule has 2 aliphatic rings. The lowest BCUT2D eigenvalue weighted by atomic mass is 10.2. The van der Waals surface area contributed by atoms with Crippen molar-refractivity contribution in [3.63, 3.8) is 0 Å². The first-order valence-corrected chi connectivity index (χ1v) is 8.55. The highest BCUT2D eigenvalue weighted by atomic mass is 16.5. The molecule has 6 nitrogen and oxygen atoms in total. The molecule has 0 bridgehead atoms. The number of nitrogens with zero attached hydrogens (tertiary/aromatic N) is 4. The monoisotopic (exact) mass is 321 g/mol. The average Bonchev–Trinajstić information content (AvgIpc) is 3.40. The van der Waals surface area contributed by atoms with Crippen molar-refractivity contribution in [1.29, 1.82) is 0 Å². The zero-order valence-corrected chi connectivity index (χ0v) is 13.4. The summed E-state index contributed by atoms with van der Waals surface area (Å²) in [6, 6.07) is 4.24. The lowest BCUT2D eigenvalue weighted by Crippen LogP contribution is -2.03. The van der Waals surface area contributed by atoms with Crippen LogP contribution in [0.2, 0.25) is 0 Å². The molecule has 3 aromatic rings. The van der Waals surface area contributed by atoms with E-state index in [9.17, 15) is 0 Å². The van der Waals surface area contributed by atoms with Crippen molar-refractivity contribution in [3.8, 4) is 17.1 Å². The molecular weight excluding hydrogens is 302 g/mol. The van der Waals surface area contributed by atoms with Crippen LogP contribution in [0.5, 0.6) is 5.75 Å². The molecule has 24 heavy (non-hydrogen) atoms. The lowest BCUT2D eigenvalue weighted by Gasteiger charge is -2.09.